The molecule has 25 heavy (non-hydrogen) atoms. The molecule has 134 valence electrons. The number of ether oxygens (including phenoxy) is 1. The summed E-state index contributed by atoms with van der Waals surface area (Å²) in [4.78, 5) is 28.4. The van der Waals surface area contributed by atoms with Gasteiger partial charge in [0.15, 0.2) is 0 Å². The van der Waals surface area contributed by atoms with Gasteiger partial charge >= 0.3 is 0 Å². The van der Waals surface area contributed by atoms with E-state index >= 15 is 0 Å². The molecule has 1 amide bonds. The number of nitrogens with one attached hydrogen (secondary N) is 1. The van der Waals surface area contributed by atoms with Gasteiger partial charge in [0.1, 0.15) is 6.54 Å². The van der Waals surface area contributed by atoms with E-state index in [0.29, 0.717) is 23.5 Å². The van der Waals surface area contributed by atoms with Gasteiger partial charge in [-0.25, -0.2) is 4.98 Å². The van der Waals surface area contributed by atoms with Gasteiger partial charge in [0.05, 0.1) is 30.9 Å². The van der Waals surface area contributed by atoms with Crippen molar-refractivity contribution in [2.75, 3.05) is 11.9 Å². The first-order valence-electron chi connectivity index (χ1n) is 8.49. The SMILES string of the molecule is Cc1ncn(CC(=O)Nc2cnn(C[C@@H]3CCCCO3)c2)c(=O)c1C. The highest BCUT2D eigenvalue weighted by atomic mass is 16.5. The quantitative estimate of drug-likeness (QED) is 0.881. The van der Waals surface area contributed by atoms with E-state index in [1.54, 1.807) is 30.9 Å². The zero-order valence-electron chi connectivity index (χ0n) is 14.6. The van der Waals surface area contributed by atoms with Gasteiger partial charge in [-0.1, -0.05) is 0 Å². The van der Waals surface area contributed by atoms with Crippen LogP contribution in [0.2, 0.25) is 0 Å². The number of aryl methyl sites for hydroxylation is 1. The van der Waals surface area contributed by atoms with Gasteiger partial charge in [0.25, 0.3) is 5.56 Å². The maximum absolute atomic E-state index is 12.2. The number of hydrogen-bond acceptors (Lipinski definition) is 5. The van der Waals surface area contributed by atoms with E-state index in [2.05, 4.69) is 15.4 Å². The van der Waals surface area contributed by atoms with Crippen LogP contribution in [0.25, 0.3) is 0 Å². The van der Waals surface area contributed by atoms with Crippen molar-refractivity contribution < 1.29 is 9.53 Å². The van der Waals surface area contributed by atoms with Gasteiger partial charge < -0.3 is 10.1 Å². The number of anilines is 1. The van der Waals surface area contributed by atoms with Crippen LogP contribution in [0, 0.1) is 13.8 Å². The summed E-state index contributed by atoms with van der Waals surface area (Å²) in [5, 5.41) is 7.01. The summed E-state index contributed by atoms with van der Waals surface area (Å²) < 4.78 is 8.77. The molecule has 2 aromatic rings. The predicted molar refractivity (Wildman–Crippen MR) is 92.4 cm³/mol. The van der Waals surface area contributed by atoms with E-state index in [-0.39, 0.29) is 24.1 Å². The Kier molecular flexibility index (Phi) is 5.28. The average molecular weight is 345 g/mol. The number of aromatic nitrogens is 4. The van der Waals surface area contributed by atoms with Crippen LogP contribution in [0.5, 0.6) is 0 Å². The van der Waals surface area contributed by atoms with Gasteiger partial charge in [0.2, 0.25) is 5.91 Å². The predicted octanol–water partition coefficient (Wildman–Crippen LogP) is 1.26. The van der Waals surface area contributed by atoms with E-state index in [0.717, 1.165) is 19.4 Å². The summed E-state index contributed by atoms with van der Waals surface area (Å²) in [7, 11) is 0. The minimum atomic E-state index is -0.291. The fourth-order valence-corrected chi connectivity index (χ4v) is 2.83. The molecular weight excluding hydrogens is 322 g/mol. The largest absolute Gasteiger partial charge is 0.376 e. The normalized spacial score (nSPS) is 17.4. The Morgan fingerprint density at radius 1 is 1.40 bits per heavy atom. The first-order chi connectivity index (χ1) is 12.0. The highest BCUT2D eigenvalue weighted by molar-refractivity contribution is 5.90. The Balaban J connectivity index is 1.58. The van der Waals surface area contributed by atoms with Crippen molar-refractivity contribution in [3.05, 3.63) is 40.3 Å². The second-order valence-corrected chi connectivity index (χ2v) is 6.38. The molecule has 0 unspecified atom stereocenters. The molecule has 0 aliphatic carbocycles. The highest BCUT2D eigenvalue weighted by Gasteiger charge is 2.15. The lowest BCUT2D eigenvalue weighted by molar-refractivity contribution is -0.116. The molecule has 1 N–H and O–H groups in total. The molecule has 1 aliphatic rings. The molecule has 1 fully saturated rings. The minimum Gasteiger partial charge on any atom is -0.376 e. The van der Waals surface area contributed by atoms with E-state index < -0.39 is 0 Å². The third-order valence-corrected chi connectivity index (χ3v) is 4.41. The molecule has 8 heteroatoms. The minimum absolute atomic E-state index is 0.0795. The zero-order chi connectivity index (χ0) is 17.8. The third-order valence-electron chi connectivity index (χ3n) is 4.41. The molecular formula is C17H23N5O3. The summed E-state index contributed by atoms with van der Waals surface area (Å²) in [6.45, 7) is 4.87. The lowest BCUT2D eigenvalue weighted by Gasteiger charge is -2.22. The van der Waals surface area contributed by atoms with E-state index in [1.807, 2.05) is 0 Å². The summed E-state index contributed by atoms with van der Waals surface area (Å²) in [5.74, 6) is -0.291. The van der Waals surface area contributed by atoms with Crippen LogP contribution in [0.15, 0.2) is 23.5 Å². The molecule has 0 bridgehead atoms. The Hall–Kier alpha value is -2.48. The summed E-state index contributed by atoms with van der Waals surface area (Å²) in [5.41, 5.74) is 1.63. The molecule has 0 saturated carbocycles. The number of amides is 1. The van der Waals surface area contributed by atoms with Crippen molar-refractivity contribution in [3.8, 4) is 0 Å². The summed E-state index contributed by atoms with van der Waals surface area (Å²) in [6, 6.07) is 0. The Labute approximate surface area is 145 Å². The lowest BCUT2D eigenvalue weighted by atomic mass is 10.1. The van der Waals surface area contributed by atoms with Gasteiger partial charge in [-0.15, -0.1) is 0 Å². The number of carbonyl (C=O) groups is 1. The third kappa shape index (κ3) is 4.33. The molecule has 1 aliphatic heterocycles. The smallest absolute Gasteiger partial charge is 0.256 e. The van der Waals surface area contributed by atoms with Crippen LogP contribution < -0.4 is 10.9 Å². The summed E-state index contributed by atoms with van der Waals surface area (Å²) >= 11 is 0. The van der Waals surface area contributed by atoms with Crippen LogP contribution in [-0.2, 0) is 22.6 Å². The van der Waals surface area contributed by atoms with Crippen molar-refractivity contribution in [3.63, 3.8) is 0 Å². The lowest BCUT2D eigenvalue weighted by Crippen LogP contribution is -2.29. The number of nitrogens with zero attached hydrogens (tertiary/aromatic N) is 4. The van der Waals surface area contributed by atoms with Crippen molar-refractivity contribution in [1.29, 1.82) is 0 Å². The van der Waals surface area contributed by atoms with Crippen LogP contribution >= 0.6 is 0 Å². The van der Waals surface area contributed by atoms with E-state index in [4.69, 9.17) is 4.74 Å². The summed E-state index contributed by atoms with van der Waals surface area (Å²) in [6.07, 6.45) is 8.27. The second kappa shape index (κ2) is 7.60. The highest BCUT2D eigenvalue weighted by Crippen LogP contribution is 2.15. The molecule has 3 heterocycles. The first kappa shape index (κ1) is 17.3. The molecule has 1 atom stereocenters. The monoisotopic (exact) mass is 345 g/mol. The van der Waals surface area contributed by atoms with Gasteiger partial charge in [-0.05, 0) is 33.1 Å². The maximum Gasteiger partial charge on any atom is 0.256 e. The van der Waals surface area contributed by atoms with E-state index in [1.165, 1.54) is 17.3 Å². The van der Waals surface area contributed by atoms with Crippen LogP contribution in [0.1, 0.15) is 30.5 Å². The fraction of sp³-hybridized carbons (Fsp3) is 0.529. The standard InChI is InChI=1S/C17H23N5O3/c1-12-13(2)18-11-21(17(12)24)10-16(23)20-14-7-19-22(8-14)9-15-5-3-4-6-25-15/h7-8,11,15H,3-6,9-10H2,1-2H3,(H,20,23)/t15-/m0/s1. The van der Waals surface area contributed by atoms with E-state index in [9.17, 15) is 9.59 Å². The number of hydrogen-bond donors (Lipinski definition) is 1. The molecule has 8 nitrogen and oxygen atoms in total. The second-order valence-electron chi connectivity index (χ2n) is 6.38. The van der Waals surface area contributed by atoms with Gasteiger partial charge in [0, 0.05) is 24.1 Å². The van der Waals surface area contributed by atoms with Crippen molar-refractivity contribution >= 4 is 11.6 Å². The number of rotatable bonds is 5. The van der Waals surface area contributed by atoms with Crippen LogP contribution in [-0.4, -0.2) is 37.9 Å². The molecule has 1 saturated heterocycles. The van der Waals surface area contributed by atoms with Crippen molar-refractivity contribution in [2.45, 2.75) is 52.3 Å². The zero-order valence-corrected chi connectivity index (χ0v) is 14.6. The Morgan fingerprint density at radius 3 is 3.00 bits per heavy atom. The molecule has 2 aromatic heterocycles. The molecule has 0 spiro atoms. The first-order valence-corrected chi connectivity index (χ1v) is 8.49. The van der Waals surface area contributed by atoms with Crippen LogP contribution in [0.3, 0.4) is 0 Å². The molecule has 0 aromatic carbocycles. The number of carbonyl (C=O) groups excluding carboxylic acids is 1. The van der Waals surface area contributed by atoms with Crippen molar-refractivity contribution in [1.82, 2.24) is 19.3 Å². The average Bonchev–Trinajstić information content (AvgIpc) is 3.03. The van der Waals surface area contributed by atoms with Crippen molar-refractivity contribution in [2.24, 2.45) is 0 Å². The fourth-order valence-electron chi connectivity index (χ4n) is 2.83. The maximum atomic E-state index is 12.2. The molecule has 0 radical (unpaired) electrons. The Morgan fingerprint density at radius 2 is 2.24 bits per heavy atom. The molecule has 3 rings (SSSR count). The van der Waals surface area contributed by atoms with Gasteiger partial charge in [-0.2, -0.15) is 5.10 Å². The topological polar surface area (TPSA) is 91.0 Å². The van der Waals surface area contributed by atoms with Gasteiger partial charge in [-0.3, -0.25) is 18.8 Å². The van der Waals surface area contributed by atoms with Crippen LogP contribution in [0.4, 0.5) is 5.69 Å². The Bertz CT molecular complexity index is 805.